The number of aromatic nitrogens is 1. The summed E-state index contributed by atoms with van der Waals surface area (Å²) in [6, 6.07) is 6.35. The molecule has 0 fully saturated rings. The number of hydrogen-bond acceptors (Lipinski definition) is 3. The molecule has 0 bridgehead atoms. The maximum absolute atomic E-state index is 13.2. The smallest absolute Gasteiger partial charge is 0.416 e. The van der Waals surface area contributed by atoms with Crippen LogP contribution in [0, 0.1) is 6.92 Å². The topological polar surface area (TPSA) is 70.5 Å². The number of rotatable bonds is 4. The first-order chi connectivity index (χ1) is 15.7. The van der Waals surface area contributed by atoms with E-state index in [-0.39, 0.29) is 17.3 Å². The number of benzene rings is 2. The van der Waals surface area contributed by atoms with Crippen LogP contribution in [0.25, 0.3) is 11.1 Å². The number of nitrogens with zero attached hydrogens (tertiary/aromatic N) is 2. The maximum Gasteiger partial charge on any atom is 0.416 e. The van der Waals surface area contributed by atoms with Crippen LogP contribution in [0.2, 0.25) is 0 Å². The summed E-state index contributed by atoms with van der Waals surface area (Å²) in [6.07, 6.45) is -7.65. The Morgan fingerprint density at radius 3 is 1.97 bits per heavy atom. The van der Waals surface area contributed by atoms with E-state index in [1.807, 2.05) is 0 Å². The van der Waals surface area contributed by atoms with Gasteiger partial charge in [0, 0.05) is 24.4 Å². The van der Waals surface area contributed by atoms with Gasteiger partial charge in [-0.15, -0.1) is 0 Å². The van der Waals surface area contributed by atoms with Gasteiger partial charge >= 0.3 is 18.3 Å². The molecule has 0 aliphatic rings. The summed E-state index contributed by atoms with van der Waals surface area (Å²) in [6.45, 7) is 1.68. The summed E-state index contributed by atoms with van der Waals surface area (Å²) in [7, 11) is 1.17. The van der Waals surface area contributed by atoms with Crippen molar-refractivity contribution < 1.29 is 41.0 Å². The Bertz CT molecular complexity index is 1240. The van der Waals surface area contributed by atoms with Gasteiger partial charge in [-0.2, -0.15) is 26.3 Å². The third-order valence-electron chi connectivity index (χ3n) is 5.08. The van der Waals surface area contributed by atoms with E-state index >= 15 is 0 Å². The molecule has 0 spiro atoms. The second-order valence-electron chi connectivity index (χ2n) is 7.39. The fraction of sp³-hybridized carbons (Fsp3) is 0.174. The molecular weight excluding hydrogens is 466 g/mol. The minimum atomic E-state index is -5.11. The molecule has 1 aromatic heterocycles. The fourth-order valence-corrected chi connectivity index (χ4v) is 3.31. The number of carbonyl (C=O) groups is 2. The first-order valence-electron chi connectivity index (χ1n) is 9.56. The predicted octanol–water partition coefficient (Wildman–Crippen LogP) is 6.07. The van der Waals surface area contributed by atoms with E-state index in [2.05, 4.69) is 4.98 Å². The van der Waals surface area contributed by atoms with Gasteiger partial charge in [0.15, 0.2) is 0 Å². The van der Waals surface area contributed by atoms with Crippen LogP contribution < -0.4 is 4.90 Å². The van der Waals surface area contributed by atoms with Crippen LogP contribution in [-0.2, 0) is 12.4 Å². The molecule has 0 saturated heterocycles. The van der Waals surface area contributed by atoms with Gasteiger partial charge in [-0.3, -0.25) is 9.78 Å². The molecule has 3 aromatic rings. The van der Waals surface area contributed by atoms with E-state index in [1.54, 1.807) is 6.92 Å². The van der Waals surface area contributed by atoms with Gasteiger partial charge < -0.3 is 10.0 Å². The highest BCUT2D eigenvalue weighted by atomic mass is 19.4. The number of alkyl halides is 6. The molecule has 1 N–H and O–H groups in total. The molecule has 2 aromatic carbocycles. The first-order valence-corrected chi connectivity index (χ1v) is 9.56. The van der Waals surface area contributed by atoms with Crippen molar-refractivity contribution in [3.8, 4) is 11.1 Å². The lowest BCUT2D eigenvalue weighted by Gasteiger charge is -2.22. The molecule has 0 radical (unpaired) electrons. The molecule has 1 amide bonds. The van der Waals surface area contributed by atoms with E-state index in [9.17, 15) is 41.0 Å². The molecule has 5 nitrogen and oxygen atoms in total. The van der Waals surface area contributed by atoms with Crippen molar-refractivity contribution in [1.29, 1.82) is 0 Å². The third-order valence-corrected chi connectivity index (χ3v) is 5.08. The Morgan fingerprint density at radius 2 is 1.44 bits per heavy atom. The highest BCUT2D eigenvalue weighted by Crippen LogP contribution is 2.38. The standard InChI is InChI=1S/C23H16F6N2O3/c1-12-3-4-13(21(33)34)9-18(12)17-5-6-30-11-19(17)31(2)20(32)14-7-15(22(24,25)26)10-16(8-14)23(27,28)29/h3-11H,1-2H3,(H,33,34). The van der Waals surface area contributed by atoms with Crippen LogP contribution in [0.15, 0.2) is 54.9 Å². The highest BCUT2D eigenvalue weighted by molar-refractivity contribution is 6.08. The molecule has 3 rings (SSSR count). The van der Waals surface area contributed by atoms with Crippen LogP contribution in [0.1, 0.15) is 37.4 Å². The number of anilines is 1. The fourth-order valence-electron chi connectivity index (χ4n) is 3.31. The number of pyridine rings is 1. The third kappa shape index (κ3) is 5.03. The molecule has 0 saturated carbocycles. The van der Waals surface area contributed by atoms with Crippen molar-refractivity contribution in [1.82, 2.24) is 4.98 Å². The van der Waals surface area contributed by atoms with Gasteiger partial charge in [0.2, 0.25) is 0 Å². The molecule has 0 atom stereocenters. The number of carbonyl (C=O) groups excluding carboxylic acids is 1. The van der Waals surface area contributed by atoms with E-state index in [0.717, 1.165) is 4.90 Å². The largest absolute Gasteiger partial charge is 0.478 e. The predicted molar refractivity (Wildman–Crippen MR) is 111 cm³/mol. The highest BCUT2D eigenvalue weighted by Gasteiger charge is 2.38. The van der Waals surface area contributed by atoms with Crippen LogP contribution in [-0.4, -0.2) is 29.0 Å². The average Bonchev–Trinajstić information content (AvgIpc) is 2.76. The minimum Gasteiger partial charge on any atom is -0.478 e. The van der Waals surface area contributed by atoms with Gasteiger partial charge in [-0.25, -0.2) is 4.79 Å². The van der Waals surface area contributed by atoms with Gasteiger partial charge in [0.05, 0.1) is 28.6 Å². The molecule has 0 aliphatic carbocycles. The van der Waals surface area contributed by atoms with Crippen molar-refractivity contribution in [2.24, 2.45) is 0 Å². The summed E-state index contributed by atoms with van der Waals surface area (Å²) < 4.78 is 79.2. The van der Waals surface area contributed by atoms with Gasteiger partial charge in [-0.1, -0.05) is 6.07 Å². The summed E-state index contributed by atoms with van der Waals surface area (Å²) in [5, 5.41) is 9.29. The number of amides is 1. The summed E-state index contributed by atoms with van der Waals surface area (Å²) >= 11 is 0. The Morgan fingerprint density at radius 1 is 0.853 bits per heavy atom. The van der Waals surface area contributed by atoms with Crippen molar-refractivity contribution in [3.63, 3.8) is 0 Å². The quantitative estimate of drug-likeness (QED) is 0.459. The lowest BCUT2D eigenvalue weighted by Crippen LogP contribution is -2.28. The number of aromatic carboxylic acids is 1. The van der Waals surface area contributed by atoms with E-state index in [4.69, 9.17) is 0 Å². The normalized spacial score (nSPS) is 11.9. The van der Waals surface area contributed by atoms with E-state index in [0.29, 0.717) is 28.8 Å². The minimum absolute atomic E-state index is 0.0509. The van der Waals surface area contributed by atoms with Crippen molar-refractivity contribution >= 4 is 17.6 Å². The lowest BCUT2D eigenvalue weighted by molar-refractivity contribution is -0.143. The summed E-state index contributed by atoms with van der Waals surface area (Å²) in [5.41, 5.74) is -2.71. The Hall–Kier alpha value is -3.89. The Balaban J connectivity index is 2.13. The van der Waals surface area contributed by atoms with Crippen LogP contribution in [0.5, 0.6) is 0 Å². The monoisotopic (exact) mass is 482 g/mol. The number of aryl methyl sites for hydroxylation is 1. The summed E-state index contributed by atoms with van der Waals surface area (Å²) in [5.74, 6) is -2.34. The van der Waals surface area contributed by atoms with Crippen LogP contribution in [0.3, 0.4) is 0 Å². The molecule has 34 heavy (non-hydrogen) atoms. The zero-order chi connectivity index (χ0) is 25.4. The molecule has 1 heterocycles. The number of halogens is 6. The number of carboxylic acid groups (broad SMARTS) is 1. The molecule has 0 aliphatic heterocycles. The zero-order valence-electron chi connectivity index (χ0n) is 17.6. The average molecular weight is 482 g/mol. The van der Waals surface area contributed by atoms with Crippen LogP contribution in [0.4, 0.5) is 32.0 Å². The SMILES string of the molecule is Cc1ccc(C(=O)O)cc1-c1ccncc1N(C)C(=O)c1cc(C(F)(F)F)cc(C(F)(F)F)c1. The van der Waals surface area contributed by atoms with Crippen molar-refractivity contribution in [2.75, 3.05) is 11.9 Å². The molecule has 0 unspecified atom stereocenters. The van der Waals surface area contributed by atoms with E-state index < -0.39 is 40.9 Å². The maximum atomic E-state index is 13.2. The Labute approximate surface area is 189 Å². The second kappa shape index (κ2) is 8.81. The second-order valence-corrected chi connectivity index (χ2v) is 7.39. The molecular formula is C23H16F6N2O3. The van der Waals surface area contributed by atoms with Gasteiger partial charge in [0.1, 0.15) is 0 Å². The number of carboxylic acids is 1. The number of hydrogen-bond donors (Lipinski definition) is 1. The molecule has 11 heteroatoms. The molecule has 178 valence electrons. The Kier molecular flexibility index (Phi) is 6.41. The van der Waals surface area contributed by atoms with Gasteiger partial charge in [-0.05, 0) is 54.4 Å². The van der Waals surface area contributed by atoms with E-state index in [1.165, 1.54) is 43.7 Å². The zero-order valence-corrected chi connectivity index (χ0v) is 17.6. The van der Waals surface area contributed by atoms with Crippen LogP contribution >= 0.6 is 0 Å². The first kappa shape index (κ1) is 24.7. The summed E-state index contributed by atoms with van der Waals surface area (Å²) in [4.78, 5) is 29.2. The van der Waals surface area contributed by atoms with Crippen molar-refractivity contribution in [3.05, 3.63) is 82.7 Å². The lowest BCUT2D eigenvalue weighted by atomic mass is 9.97. The van der Waals surface area contributed by atoms with Gasteiger partial charge in [0.25, 0.3) is 5.91 Å². The van der Waals surface area contributed by atoms with Crippen molar-refractivity contribution in [2.45, 2.75) is 19.3 Å².